The minimum atomic E-state index is -0.318. The first-order valence-corrected chi connectivity index (χ1v) is 7.40. The minimum absolute atomic E-state index is 0.249. The number of nitrogens with zero attached hydrogens (tertiary/aromatic N) is 2. The van der Waals surface area contributed by atoms with Crippen LogP contribution in [0.15, 0.2) is 39.7 Å². The van der Waals surface area contributed by atoms with E-state index in [4.69, 9.17) is 0 Å². The molecule has 0 aliphatic heterocycles. The average Bonchev–Trinajstić information content (AvgIpc) is 2.86. The maximum Gasteiger partial charge on any atom is 0.272 e. The van der Waals surface area contributed by atoms with Crippen LogP contribution in [0.2, 0.25) is 0 Å². The summed E-state index contributed by atoms with van der Waals surface area (Å²) in [7, 11) is 0. The first-order valence-electron chi connectivity index (χ1n) is 6.61. The normalized spacial score (nSPS) is 10.9. The molecule has 6 nitrogen and oxygen atoms in total. The van der Waals surface area contributed by atoms with Crippen LogP contribution in [0.3, 0.4) is 0 Å². The van der Waals surface area contributed by atoms with E-state index < -0.39 is 0 Å². The summed E-state index contributed by atoms with van der Waals surface area (Å²) in [6, 6.07) is 6.99. The van der Waals surface area contributed by atoms with Gasteiger partial charge in [-0.3, -0.25) is 14.7 Å². The van der Waals surface area contributed by atoms with Gasteiger partial charge >= 0.3 is 0 Å². The Balaban J connectivity index is 2.01. The van der Waals surface area contributed by atoms with Crippen LogP contribution in [-0.2, 0) is 0 Å². The minimum Gasteiger partial charge on any atom is -0.322 e. The summed E-state index contributed by atoms with van der Waals surface area (Å²) < 4.78 is 2.19. The predicted octanol–water partition coefficient (Wildman–Crippen LogP) is 2.65. The van der Waals surface area contributed by atoms with Crippen molar-refractivity contribution >= 4 is 33.2 Å². The van der Waals surface area contributed by atoms with Crippen molar-refractivity contribution < 1.29 is 4.79 Å². The fourth-order valence-electron chi connectivity index (χ4n) is 2.22. The van der Waals surface area contributed by atoms with Gasteiger partial charge in [0, 0.05) is 28.1 Å². The quantitative estimate of drug-likeness (QED) is 0.737. The van der Waals surface area contributed by atoms with Crippen molar-refractivity contribution in [1.82, 2.24) is 14.6 Å². The molecule has 112 valence electrons. The molecule has 0 aliphatic rings. The molecule has 2 heterocycles. The Morgan fingerprint density at radius 3 is 2.82 bits per heavy atom. The smallest absolute Gasteiger partial charge is 0.272 e. The number of carbonyl (C=O) groups is 1. The monoisotopic (exact) mass is 360 g/mol. The highest BCUT2D eigenvalue weighted by Gasteiger charge is 2.15. The molecule has 22 heavy (non-hydrogen) atoms. The highest BCUT2D eigenvalue weighted by molar-refractivity contribution is 9.10. The summed E-state index contributed by atoms with van der Waals surface area (Å²) in [6.45, 7) is 3.62. The van der Waals surface area contributed by atoms with Gasteiger partial charge in [0.1, 0.15) is 5.56 Å². The molecule has 3 aromatic rings. The van der Waals surface area contributed by atoms with Gasteiger partial charge in [0.15, 0.2) is 5.65 Å². The first-order chi connectivity index (χ1) is 10.5. The second-order valence-electron chi connectivity index (χ2n) is 5.00. The van der Waals surface area contributed by atoms with Crippen LogP contribution in [0, 0.1) is 13.8 Å². The van der Waals surface area contributed by atoms with E-state index in [-0.39, 0.29) is 11.5 Å². The molecule has 0 aliphatic carbocycles. The van der Waals surface area contributed by atoms with Crippen LogP contribution in [0.5, 0.6) is 0 Å². The van der Waals surface area contributed by atoms with Crippen molar-refractivity contribution in [1.29, 1.82) is 0 Å². The van der Waals surface area contributed by atoms with Crippen molar-refractivity contribution in [3.05, 3.63) is 62.1 Å². The molecule has 0 unspecified atom stereocenters. The van der Waals surface area contributed by atoms with Crippen molar-refractivity contribution in [2.45, 2.75) is 13.8 Å². The summed E-state index contributed by atoms with van der Waals surface area (Å²) >= 11 is 3.38. The van der Waals surface area contributed by atoms with Gasteiger partial charge in [-0.25, -0.2) is 9.50 Å². The number of amides is 1. The Bertz CT molecular complexity index is 942. The SMILES string of the molecule is Cc1cc(=O)n2[nH]cc(C(=O)Nc3ccc(Br)cc3C)c2n1. The summed E-state index contributed by atoms with van der Waals surface area (Å²) in [5.74, 6) is -0.318. The molecule has 0 atom stereocenters. The fourth-order valence-corrected chi connectivity index (χ4v) is 2.70. The van der Waals surface area contributed by atoms with E-state index in [1.807, 2.05) is 25.1 Å². The van der Waals surface area contributed by atoms with Crippen LogP contribution in [-0.4, -0.2) is 20.5 Å². The highest BCUT2D eigenvalue weighted by Crippen LogP contribution is 2.21. The summed E-state index contributed by atoms with van der Waals surface area (Å²) in [4.78, 5) is 28.5. The van der Waals surface area contributed by atoms with E-state index in [9.17, 15) is 9.59 Å². The second kappa shape index (κ2) is 5.42. The van der Waals surface area contributed by atoms with Crippen molar-refractivity contribution in [2.24, 2.45) is 0 Å². The molecule has 0 saturated carbocycles. The largest absolute Gasteiger partial charge is 0.322 e. The molecule has 0 radical (unpaired) electrons. The third-order valence-electron chi connectivity index (χ3n) is 3.31. The number of rotatable bonds is 2. The van der Waals surface area contributed by atoms with Crippen LogP contribution in [0.25, 0.3) is 5.65 Å². The zero-order valence-corrected chi connectivity index (χ0v) is 13.6. The Morgan fingerprint density at radius 2 is 2.09 bits per heavy atom. The molecule has 0 fully saturated rings. The van der Waals surface area contributed by atoms with E-state index in [1.54, 1.807) is 6.92 Å². The van der Waals surface area contributed by atoms with Gasteiger partial charge in [0.2, 0.25) is 0 Å². The van der Waals surface area contributed by atoms with Gasteiger partial charge < -0.3 is 5.32 Å². The lowest BCUT2D eigenvalue weighted by molar-refractivity contribution is 0.102. The number of H-pyrrole nitrogens is 1. The lowest BCUT2D eigenvalue weighted by Gasteiger charge is -2.08. The summed E-state index contributed by atoms with van der Waals surface area (Å²) in [5.41, 5.74) is 2.60. The molecule has 0 saturated heterocycles. The number of fused-ring (bicyclic) bond motifs is 1. The summed E-state index contributed by atoms with van der Waals surface area (Å²) in [6.07, 6.45) is 1.48. The topological polar surface area (TPSA) is 79.3 Å². The number of aromatic nitrogens is 3. The number of nitrogens with one attached hydrogen (secondary N) is 2. The van der Waals surface area contributed by atoms with Gasteiger partial charge in [0.05, 0.1) is 0 Å². The molecule has 2 aromatic heterocycles. The van der Waals surface area contributed by atoms with Crippen molar-refractivity contribution in [3.8, 4) is 0 Å². The van der Waals surface area contributed by atoms with Gasteiger partial charge in [-0.2, -0.15) is 0 Å². The molecule has 3 rings (SSSR count). The number of halogens is 1. The maximum absolute atomic E-state index is 12.5. The lowest BCUT2D eigenvalue weighted by Crippen LogP contribution is -2.17. The predicted molar refractivity (Wildman–Crippen MR) is 87.4 cm³/mol. The number of carbonyl (C=O) groups excluding carboxylic acids is 1. The highest BCUT2D eigenvalue weighted by atomic mass is 79.9. The number of hydrogen-bond donors (Lipinski definition) is 2. The molecular weight excluding hydrogens is 348 g/mol. The van der Waals surface area contributed by atoms with Crippen LogP contribution in [0.1, 0.15) is 21.6 Å². The van der Waals surface area contributed by atoms with E-state index in [0.717, 1.165) is 10.0 Å². The van der Waals surface area contributed by atoms with Gasteiger partial charge in [-0.05, 0) is 37.6 Å². The van der Waals surface area contributed by atoms with Gasteiger partial charge in [0.25, 0.3) is 11.5 Å². The zero-order valence-electron chi connectivity index (χ0n) is 12.0. The Hall–Kier alpha value is -2.41. The molecule has 2 N–H and O–H groups in total. The fraction of sp³-hybridized carbons (Fsp3) is 0.133. The number of aromatic amines is 1. The molecule has 0 bridgehead atoms. The molecule has 0 spiro atoms. The van der Waals surface area contributed by atoms with Crippen LogP contribution < -0.4 is 10.9 Å². The van der Waals surface area contributed by atoms with E-state index >= 15 is 0 Å². The van der Waals surface area contributed by atoms with E-state index in [2.05, 4.69) is 31.3 Å². The zero-order chi connectivity index (χ0) is 15.9. The molecule has 1 aromatic carbocycles. The third kappa shape index (κ3) is 2.55. The van der Waals surface area contributed by atoms with E-state index in [0.29, 0.717) is 22.6 Å². The van der Waals surface area contributed by atoms with Crippen molar-refractivity contribution in [3.63, 3.8) is 0 Å². The third-order valence-corrected chi connectivity index (χ3v) is 3.80. The summed E-state index contributed by atoms with van der Waals surface area (Å²) in [5, 5.41) is 5.58. The lowest BCUT2D eigenvalue weighted by atomic mass is 10.2. The van der Waals surface area contributed by atoms with Crippen LogP contribution >= 0.6 is 15.9 Å². The number of hydrogen-bond acceptors (Lipinski definition) is 3. The Kier molecular flexibility index (Phi) is 3.58. The van der Waals surface area contributed by atoms with Gasteiger partial charge in [-0.1, -0.05) is 15.9 Å². The van der Waals surface area contributed by atoms with Crippen LogP contribution in [0.4, 0.5) is 5.69 Å². The van der Waals surface area contributed by atoms with E-state index in [1.165, 1.54) is 16.8 Å². The second-order valence-corrected chi connectivity index (χ2v) is 5.91. The Labute approximate surface area is 134 Å². The molecular formula is C15H13BrN4O2. The number of benzene rings is 1. The Morgan fingerprint density at radius 1 is 1.32 bits per heavy atom. The molecule has 7 heteroatoms. The standard InChI is InChI=1S/C15H13BrN4O2/c1-8-5-10(16)3-4-12(8)19-15(22)11-7-17-20-13(21)6-9(2)18-14(11)20/h3-7,17H,1-2H3,(H,19,22). The number of aryl methyl sites for hydroxylation is 2. The average molecular weight is 361 g/mol. The van der Waals surface area contributed by atoms with Crippen molar-refractivity contribution in [2.75, 3.05) is 5.32 Å². The molecule has 1 amide bonds. The van der Waals surface area contributed by atoms with Gasteiger partial charge in [-0.15, -0.1) is 0 Å². The maximum atomic E-state index is 12.5. The first kappa shape index (κ1) is 14.5. The number of anilines is 1.